The van der Waals surface area contributed by atoms with Gasteiger partial charge >= 0.3 is 6.18 Å². The van der Waals surface area contributed by atoms with Gasteiger partial charge in [-0.05, 0) is 35.0 Å². The zero-order chi connectivity index (χ0) is 12.8. The monoisotopic (exact) mass is 305 g/mol. The van der Waals surface area contributed by atoms with Crippen LogP contribution in [0.3, 0.4) is 0 Å². The number of pyridine rings is 1. The van der Waals surface area contributed by atoms with Gasteiger partial charge in [0.15, 0.2) is 0 Å². The van der Waals surface area contributed by atoms with Gasteiger partial charge in [-0.25, -0.2) is 0 Å². The van der Waals surface area contributed by atoms with Crippen LogP contribution in [0.25, 0.3) is 10.9 Å². The Morgan fingerprint density at radius 2 is 1.94 bits per heavy atom. The lowest BCUT2D eigenvalue weighted by molar-refractivity contribution is -0.141. The van der Waals surface area contributed by atoms with Gasteiger partial charge in [0, 0.05) is 10.9 Å². The number of nitrogens with one attached hydrogen (secondary N) is 1. The Kier molecular flexibility index (Phi) is 2.77. The number of aryl methyl sites for hydroxylation is 1. The molecule has 2 rings (SSSR count). The van der Waals surface area contributed by atoms with Gasteiger partial charge in [-0.3, -0.25) is 4.79 Å². The standard InChI is InChI=1S/C11H7BrF3NO/c1-5-2-3-7-6(4-5)9(17)8(12)10(16-7)11(13,14)15/h2-4H,1H3,(H,16,17). The van der Waals surface area contributed by atoms with Crippen molar-refractivity contribution in [1.82, 2.24) is 4.98 Å². The van der Waals surface area contributed by atoms with E-state index in [4.69, 9.17) is 0 Å². The van der Waals surface area contributed by atoms with Crippen LogP contribution in [-0.4, -0.2) is 4.98 Å². The van der Waals surface area contributed by atoms with Crippen molar-refractivity contribution in [3.05, 3.63) is 44.2 Å². The number of hydrogen-bond acceptors (Lipinski definition) is 1. The highest BCUT2D eigenvalue weighted by Gasteiger charge is 2.35. The van der Waals surface area contributed by atoms with Crippen molar-refractivity contribution in [3.8, 4) is 0 Å². The predicted molar refractivity (Wildman–Crippen MR) is 62.0 cm³/mol. The van der Waals surface area contributed by atoms with Crippen molar-refractivity contribution < 1.29 is 13.2 Å². The minimum atomic E-state index is -4.59. The van der Waals surface area contributed by atoms with Gasteiger partial charge in [-0.15, -0.1) is 0 Å². The Morgan fingerprint density at radius 1 is 1.29 bits per heavy atom. The number of rotatable bonds is 0. The fourth-order valence-corrected chi connectivity index (χ4v) is 2.11. The van der Waals surface area contributed by atoms with Gasteiger partial charge in [0.05, 0.1) is 4.47 Å². The van der Waals surface area contributed by atoms with Gasteiger partial charge in [0.1, 0.15) is 5.69 Å². The molecule has 6 heteroatoms. The van der Waals surface area contributed by atoms with Crippen molar-refractivity contribution in [3.63, 3.8) is 0 Å². The number of aromatic amines is 1. The minimum absolute atomic E-state index is 0.177. The lowest BCUT2D eigenvalue weighted by Crippen LogP contribution is -2.16. The van der Waals surface area contributed by atoms with Crippen LogP contribution in [0.1, 0.15) is 11.3 Å². The van der Waals surface area contributed by atoms with Gasteiger partial charge in [-0.1, -0.05) is 11.6 Å². The fourth-order valence-electron chi connectivity index (χ4n) is 1.57. The Balaban J connectivity index is 2.90. The first-order valence-electron chi connectivity index (χ1n) is 4.70. The maximum atomic E-state index is 12.6. The third-order valence-electron chi connectivity index (χ3n) is 2.38. The van der Waals surface area contributed by atoms with Crippen molar-refractivity contribution in [1.29, 1.82) is 0 Å². The Bertz CT molecular complexity index is 645. The van der Waals surface area contributed by atoms with Gasteiger partial charge in [-0.2, -0.15) is 13.2 Å². The summed E-state index contributed by atoms with van der Waals surface area (Å²) in [5.74, 6) is 0. The Morgan fingerprint density at radius 3 is 2.53 bits per heavy atom. The first-order valence-corrected chi connectivity index (χ1v) is 5.49. The first-order chi connectivity index (χ1) is 7.80. The molecule has 1 aromatic carbocycles. The molecule has 2 aromatic rings. The summed E-state index contributed by atoms with van der Waals surface area (Å²) in [6.07, 6.45) is -4.59. The molecule has 0 aliphatic carbocycles. The molecular weight excluding hydrogens is 299 g/mol. The van der Waals surface area contributed by atoms with Crippen LogP contribution in [0.4, 0.5) is 13.2 Å². The Labute approximate surface area is 103 Å². The molecule has 17 heavy (non-hydrogen) atoms. The molecule has 0 radical (unpaired) electrons. The molecule has 1 aromatic heterocycles. The third-order valence-corrected chi connectivity index (χ3v) is 3.14. The summed E-state index contributed by atoms with van der Waals surface area (Å²) in [7, 11) is 0. The average molecular weight is 306 g/mol. The molecule has 0 saturated carbocycles. The maximum Gasteiger partial charge on any atom is 0.432 e. The van der Waals surface area contributed by atoms with Crippen molar-refractivity contribution in [2.45, 2.75) is 13.1 Å². The van der Waals surface area contributed by atoms with E-state index in [1.54, 1.807) is 19.1 Å². The minimum Gasteiger partial charge on any atom is -0.350 e. The van der Waals surface area contributed by atoms with Crippen molar-refractivity contribution in [2.75, 3.05) is 0 Å². The number of hydrogen-bond donors (Lipinski definition) is 1. The molecule has 2 nitrogen and oxygen atoms in total. The first kappa shape index (κ1) is 12.2. The van der Waals surface area contributed by atoms with E-state index in [-0.39, 0.29) is 10.9 Å². The number of halogens is 4. The van der Waals surface area contributed by atoms with Gasteiger partial charge in [0.25, 0.3) is 0 Å². The quantitative estimate of drug-likeness (QED) is 0.792. The van der Waals surface area contributed by atoms with Crippen LogP contribution in [0.15, 0.2) is 27.5 Å². The number of fused-ring (bicyclic) bond motifs is 1. The highest BCUT2D eigenvalue weighted by Crippen LogP contribution is 2.32. The molecular formula is C11H7BrF3NO. The molecule has 90 valence electrons. The smallest absolute Gasteiger partial charge is 0.350 e. The largest absolute Gasteiger partial charge is 0.432 e. The normalized spacial score (nSPS) is 12.1. The third kappa shape index (κ3) is 2.09. The van der Waals surface area contributed by atoms with Crippen LogP contribution in [-0.2, 0) is 6.18 Å². The van der Waals surface area contributed by atoms with E-state index in [1.165, 1.54) is 6.07 Å². The number of H-pyrrole nitrogens is 1. The highest BCUT2D eigenvalue weighted by atomic mass is 79.9. The van der Waals surface area contributed by atoms with E-state index in [0.717, 1.165) is 5.56 Å². The summed E-state index contributed by atoms with van der Waals surface area (Å²) in [4.78, 5) is 14.0. The molecule has 0 fully saturated rings. The van der Waals surface area contributed by atoms with Crippen LogP contribution in [0.5, 0.6) is 0 Å². The lowest BCUT2D eigenvalue weighted by atomic mass is 10.1. The van der Waals surface area contributed by atoms with E-state index >= 15 is 0 Å². The number of aromatic nitrogens is 1. The number of alkyl halides is 3. The number of benzene rings is 1. The molecule has 0 unspecified atom stereocenters. The molecule has 0 atom stereocenters. The second-order valence-electron chi connectivity index (χ2n) is 3.69. The molecule has 1 heterocycles. The predicted octanol–water partition coefficient (Wildman–Crippen LogP) is 3.62. The van der Waals surface area contributed by atoms with Crippen LogP contribution < -0.4 is 5.43 Å². The summed E-state index contributed by atoms with van der Waals surface area (Å²) in [5, 5.41) is 0.241. The second kappa shape index (κ2) is 3.87. The van der Waals surface area contributed by atoms with Crippen LogP contribution >= 0.6 is 15.9 Å². The molecule has 0 amide bonds. The second-order valence-corrected chi connectivity index (χ2v) is 4.48. The molecule has 0 bridgehead atoms. The van der Waals surface area contributed by atoms with E-state index in [0.29, 0.717) is 0 Å². The SMILES string of the molecule is Cc1ccc2[nH]c(C(F)(F)F)c(Br)c(=O)c2c1. The zero-order valence-corrected chi connectivity index (χ0v) is 10.2. The van der Waals surface area contributed by atoms with Crippen molar-refractivity contribution >= 4 is 26.8 Å². The average Bonchev–Trinajstić information content (AvgIpc) is 2.22. The summed E-state index contributed by atoms with van der Waals surface area (Å²) in [5.41, 5.74) is -0.723. The Hall–Kier alpha value is -1.30. The van der Waals surface area contributed by atoms with Crippen molar-refractivity contribution in [2.24, 2.45) is 0 Å². The maximum absolute atomic E-state index is 12.6. The van der Waals surface area contributed by atoms with Gasteiger partial charge in [0.2, 0.25) is 5.43 Å². The molecule has 1 N–H and O–H groups in total. The summed E-state index contributed by atoms with van der Waals surface area (Å²) in [6, 6.07) is 4.67. The zero-order valence-electron chi connectivity index (χ0n) is 8.65. The van der Waals surface area contributed by atoms with Crippen LogP contribution in [0.2, 0.25) is 0 Å². The van der Waals surface area contributed by atoms with E-state index in [9.17, 15) is 18.0 Å². The van der Waals surface area contributed by atoms with E-state index < -0.39 is 21.8 Å². The summed E-state index contributed by atoms with van der Waals surface area (Å²) >= 11 is 2.70. The fraction of sp³-hybridized carbons (Fsp3) is 0.182. The van der Waals surface area contributed by atoms with E-state index in [2.05, 4.69) is 20.9 Å². The molecule has 0 aliphatic rings. The molecule has 0 aliphatic heterocycles. The highest BCUT2D eigenvalue weighted by molar-refractivity contribution is 9.10. The molecule has 0 saturated heterocycles. The van der Waals surface area contributed by atoms with Crippen LogP contribution in [0, 0.1) is 6.92 Å². The topological polar surface area (TPSA) is 32.9 Å². The summed E-state index contributed by atoms with van der Waals surface area (Å²) < 4.78 is 37.4. The summed E-state index contributed by atoms with van der Waals surface area (Å²) in [6.45, 7) is 1.77. The lowest BCUT2D eigenvalue weighted by Gasteiger charge is -2.10. The van der Waals surface area contributed by atoms with Gasteiger partial charge < -0.3 is 4.98 Å². The molecule has 0 spiro atoms. The van der Waals surface area contributed by atoms with E-state index in [1.807, 2.05) is 0 Å².